The first-order chi connectivity index (χ1) is 27.5. The molecule has 8 nitrogen and oxygen atoms in total. The van der Waals surface area contributed by atoms with Gasteiger partial charge in [-0.3, -0.25) is 13.8 Å². The Balaban J connectivity index is 4.37. The molecule has 0 fully saturated rings. The second-order valence-electron chi connectivity index (χ2n) is 15.7. The summed E-state index contributed by atoms with van der Waals surface area (Å²) < 4.78 is 23.5. The largest absolute Gasteiger partial charge is 0.472 e. The first-order valence-corrected chi connectivity index (χ1v) is 23.6. The number of hydrogen-bond acceptors (Lipinski definition) is 5. The lowest BCUT2D eigenvalue weighted by Crippen LogP contribution is -2.45. The van der Waals surface area contributed by atoms with E-state index in [1.54, 1.807) is 6.08 Å². The summed E-state index contributed by atoms with van der Waals surface area (Å²) in [4.78, 5) is 23.1. The molecule has 9 heteroatoms. The number of hydrogen-bond donors (Lipinski definition) is 3. The standard InChI is InChI=1S/C48H83N2O6P/c1-6-8-10-12-14-16-18-19-20-21-22-23-24-25-26-27-28-29-30-31-32-34-36-38-40-42-48(52)49-46(45-56-57(53,54)55-44-43-50(3,4)5)47(51)41-39-37-35-33-17-15-13-11-9-7-2/h8,10,14,16-17,19-20,22-23,25-26,28-29,33,39,41,46-47,51H,6-7,9,11-13,15,18,21,24,27,30-32,34-38,40,42-45H2,1-5H3,(H-,49,52,53,54)/p+1/b10-8-,16-14-,20-19-,23-22-,26-25-,29-28-,33-17+,41-39+. The Hall–Kier alpha value is -2.58. The Bertz CT molecular complexity index is 1240. The van der Waals surface area contributed by atoms with Gasteiger partial charge in [0, 0.05) is 6.42 Å². The molecule has 3 N–H and O–H groups in total. The van der Waals surface area contributed by atoms with Crippen molar-refractivity contribution in [1.29, 1.82) is 0 Å². The van der Waals surface area contributed by atoms with Crippen molar-refractivity contribution >= 4 is 13.7 Å². The van der Waals surface area contributed by atoms with Gasteiger partial charge in [-0.1, -0.05) is 156 Å². The van der Waals surface area contributed by atoms with Crippen LogP contribution in [0.1, 0.15) is 149 Å². The molecule has 0 radical (unpaired) electrons. The first kappa shape index (κ1) is 54.4. The highest BCUT2D eigenvalue weighted by Crippen LogP contribution is 2.43. The summed E-state index contributed by atoms with van der Waals surface area (Å²) in [6.07, 6.45) is 54.9. The van der Waals surface area contributed by atoms with Crippen LogP contribution in [-0.2, 0) is 18.4 Å². The van der Waals surface area contributed by atoms with Gasteiger partial charge in [0.15, 0.2) is 0 Å². The summed E-state index contributed by atoms with van der Waals surface area (Å²) in [6.45, 7) is 4.59. The van der Waals surface area contributed by atoms with E-state index >= 15 is 0 Å². The smallest absolute Gasteiger partial charge is 0.387 e. The average molecular weight is 816 g/mol. The number of nitrogens with zero attached hydrogens (tertiary/aromatic N) is 1. The Morgan fingerprint density at radius 2 is 1.07 bits per heavy atom. The number of allylic oxidation sites excluding steroid dienone is 15. The number of unbranched alkanes of at least 4 members (excludes halogenated alkanes) is 11. The monoisotopic (exact) mass is 816 g/mol. The van der Waals surface area contributed by atoms with Crippen molar-refractivity contribution in [2.75, 3.05) is 40.9 Å². The van der Waals surface area contributed by atoms with Crippen molar-refractivity contribution in [3.05, 3.63) is 97.2 Å². The number of aliphatic hydroxyl groups excluding tert-OH is 1. The van der Waals surface area contributed by atoms with Gasteiger partial charge in [-0.2, -0.15) is 0 Å². The summed E-state index contributed by atoms with van der Waals surface area (Å²) in [6, 6.07) is -0.876. The molecule has 0 rings (SSSR count). The molecule has 0 aliphatic carbocycles. The van der Waals surface area contributed by atoms with Gasteiger partial charge in [0.25, 0.3) is 0 Å². The summed E-state index contributed by atoms with van der Waals surface area (Å²) in [5.41, 5.74) is 0. The van der Waals surface area contributed by atoms with Gasteiger partial charge in [0.2, 0.25) is 5.91 Å². The Labute approximate surface area is 349 Å². The zero-order chi connectivity index (χ0) is 42.1. The van der Waals surface area contributed by atoms with Gasteiger partial charge >= 0.3 is 7.82 Å². The molecule has 0 heterocycles. The molecule has 3 unspecified atom stereocenters. The fourth-order valence-electron chi connectivity index (χ4n) is 5.53. The van der Waals surface area contributed by atoms with Gasteiger partial charge in [0.1, 0.15) is 13.2 Å². The molecule has 1 amide bonds. The van der Waals surface area contributed by atoms with E-state index < -0.39 is 20.0 Å². The second kappa shape index (κ2) is 38.9. The van der Waals surface area contributed by atoms with E-state index in [0.717, 1.165) is 89.9 Å². The molecule has 0 aliphatic rings. The van der Waals surface area contributed by atoms with Gasteiger partial charge < -0.3 is 19.8 Å². The topological polar surface area (TPSA) is 105 Å². The number of quaternary nitrogens is 1. The highest BCUT2D eigenvalue weighted by molar-refractivity contribution is 7.47. The Morgan fingerprint density at radius 1 is 0.614 bits per heavy atom. The minimum absolute atomic E-state index is 0.0470. The predicted molar refractivity (Wildman–Crippen MR) is 244 cm³/mol. The van der Waals surface area contributed by atoms with Gasteiger partial charge in [-0.25, -0.2) is 4.57 Å². The number of carbonyl (C=O) groups is 1. The molecule has 57 heavy (non-hydrogen) atoms. The Morgan fingerprint density at radius 3 is 1.61 bits per heavy atom. The summed E-state index contributed by atoms with van der Waals surface area (Å²) >= 11 is 0. The third kappa shape index (κ3) is 41.4. The zero-order valence-corrected chi connectivity index (χ0v) is 37.7. The van der Waals surface area contributed by atoms with E-state index in [4.69, 9.17) is 9.05 Å². The zero-order valence-electron chi connectivity index (χ0n) is 36.8. The van der Waals surface area contributed by atoms with Crippen LogP contribution in [0.15, 0.2) is 97.2 Å². The molecule has 3 atom stereocenters. The maximum Gasteiger partial charge on any atom is 0.472 e. The van der Waals surface area contributed by atoms with E-state index in [9.17, 15) is 19.4 Å². The van der Waals surface area contributed by atoms with E-state index in [0.29, 0.717) is 17.4 Å². The third-order valence-electron chi connectivity index (χ3n) is 9.04. The molecule has 0 saturated heterocycles. The lowest BCUT2D eigenvalue weighted by atomic mass is 10.1. The Kier molecular flexibility index (Phi) is 37.2. The number of likely N-dealkylation sites (N-methyl/N-ethyl adjacent to an activating group) is 1. The van der Waals surface area contributed by atoms with E-state index in [1.165, 1.54) is 38.5 Å². The number of aliphatic hydroxyl groups is 1. The number of phosphoric acid groups is 1. The van der Waals surface area contributed by atoms with Gasteiger partial charge in [-0.05, 0) is 83.5 Å². The molecule has 326 valence electrons. The molecule has 0 aromatic rings. The number of nitrogens with one attached hydrogen (secondary N) is 1. The molecular formula is C48H84N2O6P+. The van der Waals surface area contributed by atoms with Gasteiger partial charge in [-0.15, -0.1) is 0 Å². The minimum Gasteiger partial charge on any atom is -0.387 e. The summed E-state index contributed by atoms with van der Waals surface area (Å²) in [5, 5.41) is 13.7. The van der Waals surface area contributed by atoms with Crippen LogP contribution in [0.25, 0.3) is 0 Å². The SMILES string of the molecule is CC/C=C\C/C=C\C/C=C\C/C=C\C/C=C\C/C=C\CCCCCCCCC(=O)NC(COP(=O)(O)OCC[N+](C)(C)C)C(O)/C=C/CC/C=C/CCCCCC. The van der Waals surface area contributed by atoms with E-state index in [-0.39, 0.29) is 19.1 Å². The van der Waals surface area contributed by atoms with Crippen LogP contribution in [0.4, 0.5) is 0 Å². The van der Waals surface area contributed by atoms with Crippen LogP contribution < -0.4 is 5.32 Å². The molecular weight excluding hydrogens is 732 g/mol. The molecule has 0 aliphatic heterocycles. The maximum atomic E-state index is 12.8. The van der Waals surface area contributed by atoms with Crippen LogP contribution in [0.2, 0.25) is 0 Å². The van der Waals surface area contributed by atoms with E-state index in [1.807, 2.05) is 27.2 Å². The summed E-state index contributed by atoms with van der Waals surface area (Å²) in [7, 11) is 1.52. The first-order valence-electron chi connectivity index (χ1n) is 22.1. The van der Waals surface area contributed by atoms with Crippen LogP contribution in [0.5, 0.6) is 0 Å². The van der Waals surface area contributed by atoms with Crippen LogP contribution in [-0.4, -0.2) is 73.4 Å². The molecule has 0 saturated carbocycles. The van der Waals surface area contributed by atoms with Crippen LogP contribution in [0.3, 0.4) is 0 Å². The molecule has 0 aromatic heterocycles. The normalized spacial score (nSPS) is 15.3. The second-order valence-corrected chi connectivity index (χ2v) is 17.1. The quantitative estimate of drug-likeness (QED) is 0.0248. The maximum absolute atomic E-state index is 12.8. The van der Waals surface area contributed by atoms with Crippen molar-refractivity contribution in [3.63, 3.8) is 0 Å². The predicted octanol–water partition coefficient (Wildman–Crippen LogP) is 12.4. The third-order valence-corrected chi connectivity index (χ3v) is 10.0. The summed E-state index contributed by atoms with van der Waals surface area (Å²) in [5.74, 6) is -0.210. The number of carbonyl (C=O) groups excluding carboxylic acids is 1. The number of phosphoric ester groups is 1. The van der Waals surface area contributed by atoms with Crippen LogP contribution >= 0.6 is 7.82 Å². The molecule has 0 aromatic carbocycles. The number of rotatable bonds is 38. The van der Waals surface area contributed by atoms with Gasteiger partial charge in [0.05, 0.1) is 39.9 Å². The highest BCUT2D eigenvalue weighted by Gasteiger charge is 2.27. The lowest BCUT2D eigenvalue weighted by molar-refractivity contribution is -0.870. The van der Waals surface area contributed by atoms with Crippen molar-refractivity contribution in [1.82, 2.24) is 5.32 Å². The van der Waals surface area contributed by atoms with Crippen molar-refractivity contribution in [3.8, 4) is 0 Å². The fraction of sp³-hybridized carbons (Fsp3) is 0.646. The molecule has 0 spiro atoms. The highest BCUT2D eigenvalue weighted by atomic mass is 31.2. The van der Waals surface area contributed by atoms with Crippen LogP contribution in [0, 0.1) is 0 Å². The van der Waals surface area contributed by atoms with Crippen molar-refractivity contribution in [2.45, 2.75) is 161 Å². The number of amides is 1. The average Bonchev–Trinajstić information content (AvgIpc) is 3.16. The van der Waals surface area contributed by atoms with Crippen molar-refractivity contribution < 1.29 is 32.9 Å². The minimum atomic E-state index is -4.35. The van der Waals surface area contributed by atoms with E-state index in [2.05, 4.69) is 104 Å². The molecule has 0 bridgehead atoms. The van der Waals surface area contributed by atoms with Crippen molar-refractivity contribution in [2.24, 2.45) is 0 Å². The fourth-order valence-corrected chi connectivity index (χ4v) is 6.26. The lowest BCUT2D eigenvalue weighted by Gasteiger charge is -2.25.